The molecule has 1 aliphatic heterocycles. The number of rotatable bonds is 6. The minimum absolute atomic E-state index is 0.469. The van der Waals surface area contributed by atoms with Gasteiger partial charge in [0.15, 0.2) is 5.82 Å². The minimum Gasteiger partial charge on any atom is -0.477 e. The van der Waals surface area contributed by atoms with E-state index in [4.69, 9.17) is 4.52 Å². The van der Waals surface area contributed by atoms with Gasteiger partial charge in [-0.25, -0.2) is 4.79 Å². The van der Waals surface area contributed by atoms with E-state index >= 15 is 0 Å². The molecular formula is C18H23N3O3S. The molecule has 6 nitrogen and oxygen atoms in total. The van der Waals surface area contributed by atoms with Crippen LogP contribution in [0.2, 0.25) is 0 Å². The lowest BCUT2D eigenvalue weighted by molar-refractivity contribution is 0.0699. The maximum atomic E-state index is 11.2. The summed E-state index contributed by atoms with van der Waals surface area (Å²) in [6.07, 6.45) is 6.71. The zero-order valence-corrected chi connectivity index (χ0v) is 15.0. The molecule has 0 spiro atoms. The lowest BCUT2D eigenvalue weighted by Crippen LogP contribution is -2.34. The normalized spacial score (nSPS) is 19.8. The van der Waals surface area contributed by atoms with Gasteiger partial charge in [-0.15, -0.1) is 11.3 Å². The Hall–Kier alpha value is -1.73. The van der Waals surface area contributed by atoms with Crippen LogP contribution in [-0.2, 0) is 13.0 Å². The van der Waals surface area contributed by atoms with Crippen LogP contribution in [0.25, 0.3) is 0 Å². The molecule has 1 saturated carbocycles. The Morgan fingerprint density at radius 2 is 2.12 bits per heavy atom. The number of thiophene rings is 1. The van der Waals surface area contributed by atoms with E-state index in [9.17, 15) is 9.90 Å². The number of carboxylic acids is 1. The number of carbonyl (C=O) groups is 1. The molecule has 2 fully saturated rings. The first-order chi connectivity index (χ1) is 12.2. The maximum absolute atomic E-state index is 11.2. The van der Waals surface area contributed by atoms with Crippen molar-refractivity contribution in [3.05, 3.63) is 33.6 Å². The predicted molar refractivity (Wildman–Crippen MR) is 93.9 cm³/mol. The summed E-state index contributed by atoms with van der Waals surface area (Å²) in [4.78, 5) is 18.6. The third kappa shape index (κ3) is 3.77. The SMILES string of the molecule is O=C(O)c1sccc1CN1CCC(Cc2nc(C3CCC3)no2)CC1. The summed E-state index contributed by atoms with van der Waals surface area (Å²) < 4.78 is 5.44. The molecular weight excluding hydrogens is 338 g/mol. The summed E-state index contributed by atoms with van der Waals surface area (Å²) in [6.45, 7) is 2.70. The van der Waals surface area contributed by atoms with E-state index in [1.54, 1.807) is 0 Å². The van der Waals surface area contributed by atoms with Crippen molar-refractivity contribution in [1.82, 2.24) is 15.0 Å². The highest BCUT2D eigenvalue weighted by molar-refractivity contribution is 7.12. The van der Waals surface area contributed by atoms with Crippen molar-refractivity contribution in [1.29, 1.82) is 0 Å². The van der Waals surface area contributed by atoms with Gasteiger partial charge in [0.2, 0.25) is 5.89 Å². The van der Waals surface area contributed by atoms with Crippen LogP contribution in [0.5, 0.6) is 0 Å². The Labute approximate surface area is 150 Å². The fourth-order valence-corrected chi connectivity index (χ4v) is 4.42. The number of piperidine rings is 1. The Kier molecular flexibility index (Phi) is 4.85. The molecule has 0 unspecified atom stereocenters. The molecule has 0 radical (unpaired) electrons. The van der Waals surface area contributed by atoms with Crippen molar-refractivity contribution >= 4 is 17.3 Å². The Morgan fingerprint density at radius 3 is 2.80 bits per heavy atom. The summed E-state index contributed by atoms with van der Waals surface area (Å²) in [5.41, 5.74) is 0.929. The van der Waals surface area contributed by atoms with Crippen LogP contribution in [0.15, 0.2) is 16.0 Å². The minimum atomic E-state index is -0.821. The molecule has 2 aromatic heterocycles. The van der Waals surface area contributed by atoms with Crippen LogP contribution >= 0.6 is 11.3 Å². The summed E-state index contributed by atoms with van der Waals surface area (Å²) in [5, 5.41) is 15.2. The molecule has 3 heterocycles. The number of carboxylic acid groups (broad SMARTS) is 1. The van der Waals surface area contributed by atoms with E-state index in [0.29, 0.717) is 16.7 Å². The molecule has 25 heavy (non-hydrogen) atoms. The number of aromatic carboxylic acids is 1. The maximum Gasteiger partial charge on any atom is 0.346 e. The average molecular weight is 361 g/mol. The molecule has 1 N–H and O–H groups in total. The lowest BCUT2D eigenvalue weighted by Gasteiger charge is -2.31. The quantitative estimate of drug-likeness (QED) is 0.847. The van der Waals surface area contributed by atoms with E-state index in [1.807, 2.05) is 11.4 Å². The third-order valence-corrected chi connectivity index (χ3v) is 6.40. The highest BCUT2D eigenvalue weighted by Gasteiger charge is 2.27. The van der Waals surface area contributed by atoms with Crippen LogP contribution in [-0.4, -0.2) is 39.2 Å². The van der Waals surface area contributed by atoms with Gasteiger partial charge in [-0.05, 0) is 61.7 Å². The summed E-state index contributed by atoms with van der Waals surface area (Å²) in [5.74, 6) is 1.96. The van der Waals surface area contributed by atoms with Crippen molar-refractivity contribution < 1.29 is 14.4 Å². The average Bonchev–Trinajstić information content (AvgIpc) is 3.17. The summed E-state index contributed by atoms with van der Waals surface area (Å²) in [6, 6.07) is 1.93. The van der Waals surface area contributed by atoms with Crippen molar-refractivity contribution in [2.75, 3.05) is 13.1 Å². The van der Waals surface area contributed by atoms with Gasteiger partial charge in [0, 0.05) is 18.9 Å². The summed E-state index contributed by atoms with van der Waals surface area (Å²) >= 11 is 1.31. The topological polar surface area (TPSA) is 79.5 Å². The van der Waals surface area contributed by atoms with Gasteiger partial charge in [0.25, 0.3) is 0 Å². The fourth-order valence-electron chi connectivity index (χ4n) is 3.67. The summed E-state index contributed by atoms with van der Waals surface area (Å²) in [7, 11) is 0. The van der Waals surface area contributed by atoms with Gasteiger partial charge in [0.05, 0.1) is 0 Å². The molecule has 2 aromatic rings. The van der Waals surface area contributed by atoms with Gasteiger partial charge in [-0.2, -0.15) is 4.98 Å². The highest BCUT2D eigenvalue weighted by atomic mass is 32.1. The molecule has 1 saturated heterocycles. The third-order valence-electron chi connectivity index (χ3n) is 5.46. The van der Waals surface area contributed by atoms with Crippen LogP contribution in [0, 0.1) is 5.92 Å². The smallest absolute Gasteiger partial charge is 0.346 e. The monoisotopic (exact) mass is 361 g/mol. The Balaban J connectivity index is 1.27. The van der Waals surface area contributed by atoms with Gasteiger partial charge in [-0.3, -0.25) is 4.90 Å². The molecule has 0 atom stereocenters. The molecule has 134 valence electrons. The number of likely N-dealkylation sites (tertiary alicyclic amines) is 1. The zero-order chi connectivity index (χ0) is 17.2. The van der Waals surface area contributed by atoms with Crippen LogP contribution < -0.4 is 0 Å². The van der Waals surface area contributed by atoms with Crippen LogP contribution in [0.1, 0.15) is 65.0 Å². The van der Waals surface area contributed by atoms with E-state index < -0.39 is 5.97 Å². The molecule has 0 aromatic carbocycles. The second kappa shape index (κ2) is 7.25. The molecule has 7 heteroatoms. The van der Waals surface area contributed by atoms with Gasteiger partial charge >= 0.3 is 5.97 Å². The molecule has 4 rings (SSSR count). The number of hydrogen-bond acceptors (Lipinski definition) is 6. The standard InChI is InChI=1S/C18H23N3O3S/c22-18(23)16-14(6-9-25-16)11-21-7-4-12(5-8-21)10-15-19-17(20-24-15)13-2-1-3-13/h6,9,12-13H,1-5,7-8,10-11H2,(H,22,23). The van der Waals surface area contributed by atoms with Crippen molar-refractivity contribution in [2.45, 2.75) is 51.0 Å². The van der Waals surface area contributed by atoms with Crippen molar-refractivity contribution in [3.63, 3.8) is 0 Å². The van der Waals surface area contributed by atoms with E-state index in [-0.39, 0.29) is 0 Å². The molecule has 0 amide bonds. The van der Waals surface area contributed by atoms with E-state index in [2.05, 4.69) is 15.0 Å². The zero-order valence-electron chi connectivity index (χ0n) is 14.2. The molecule has 1 aliphatic carbocycles. The van der Waals surface area contributed by atoms with Gasteiger partial charge in [-0.1, -0.05) is 11.6 Å². The first-order valence-corrected chi connectivity index (χ1v) is 9.91. The Bertz CT molecular complexity index is 730. The fraction of sp³-hybridized carbons (Fsp3) is 0.611. The second-order valence-electron chi connectivity index (χ2n) is 7.18. The van der Waals surface area contributed by atoms with E-state index in [0.717, 1.165) is 56.2 Å². The Morgan fingerprint density at radius 1 is 1.32 bits per heavy atom. The number of hydrogen-bond donors (Lipinski definition) is 1. The first-order valence-electron chi connectivity index (χ1n) is 9.03. The second-order valence-corrected chi connectivity index (χ2v) is 8.09. The van der Waals surface area contributed by atoms with Crippen molar-refractivity contribution in [3.8, 4) is 0 Å². The van der Waals surface area contributed by atoms with Crippen molar-refractivity contribution in [2.24, 2.45) is 5.92 Å². The van der Waals surface area contributed by atoms with Gasteiger partial charge < -0.3 is 9.63 Å². The highest BCUT2D eigenvalue weighted by Crippen LogP contribution is 2.34. The molecule has 2 aliphatic rings. The largest absolute Gasteiger partial charge is 0.477 e. The van der Waals surface area contributed by atoms with Crippen LogP contribution in [0.3, 0.4) is 0 Å². The number of aromatic nitrogens is 2. The lowest BCUT2D eigenvalue weighted by atomic mass is 9.85. The predicted octanol–water partition coefficient (Wildman–Crippen LogP) is 3.55. The van der Waals surface area contributed by atoms with E-state index in [1.165, 1.54) is 30.6 Å². The first kappa shape index (κ1) is 16.7. The van der Waals surface area contributed by atoms with Gasteiger partial charge in [0.1, 0.15) is 4.88 Å². The molecule has 0 bridgehead atoms. The van der Waals surface area contributed by atoms with Crippen LogP contribution in [0.4, 0.5) is 0 Å². The number of nitrogens with zero attached hydrogens (tertiary/aromatic N) is 3.